The van der Waals surface area contributed by atoms with Crippen LogP contribution in [0.4, 0.5) is 0 Å². The third kappa shape index (κ3) is 1.99. The lowest BCUT2D eigenvalue weighted by molar-refractivity contribution is 0.415. The van der Waals surface area contributed by atoms with Crippen molar-refractivity contribution in [3.05, 3.63) is 54.7 Å². The molecule has 0 amide bonds. The smallest absolute Gasteiger partial charge is 0.149 e. The monoisotopic (exact) mass is 251 g/mol. The maximum Gasteiger partial charge on any atom is 0.149 e. The van der Waals surface area contributed by atoms with E-state index in [-0.39, 0.29) is 5.75 Å². The minimum absolute atomic E-state index is 0.211. The molecular formula is C16H13NO2. The van der Waals surface area contributed by atoms with Crippen molar-refractivity contribution in [3.63, 3.8) is 0 Å². The quantitative estimate of drug-likeness (QED) is 0.756. The van der Waals surface area contributed by atoms with Crippen LogP contribution >= 0.6 is 0 Å². The number of methoxy groups -OCH3 is 1. The second-order valence-corrected chi connectivity index (χ2v) is 4.27. The fourth-order valence-electron chi connectivity index (χ4n) is 2.11. The molecule has 1 heterocycles. The van der Waals surface area contributed by atoms with Gasteiger partial charge in [0, 0.05) is 22.5 Å². The Balaban J connectivity index is 2.16. The van der Waals surface area contributed by atoms with Crippen molar-refractivity contribution in [2.45, 2.75) is 0 Å². The molecule has 0 unspecified atom stereocenters. The molecular weight excluding hydrogens is 238 g/mol. The van der Waals surface area contributed by atoms with E-state index in [9.17, 15) is 5.11 Å². The van der Waals surface area contributed by atoms with Crippen molar-refractivity contribution in [2.24, 2.45) is 0 Å². The van der Waals surface area contributed by atoms with Gasteiger partial charge in [-0.05, 0) is 24.3 Å². The summed E-state index contributed by atoms with van der Waals surface area (Å²) in [5.74, 6) is 0.993. The molecule has 3 heteroatoms. The highest BCUT2D eigenvalue weighted by atomic mass is 16.5. The van der Waals surface area contributed by atoms with Crippen LogP contribution in [-0.2, 0) is 0 Å². The zero-order valence-electron chi connectivity index (χ0n) is 10.5. The van der Waals surface area contributed by atoms with Crippen LogP contribution in [-0.4, -0.2) is 17.2 Å². The zero-order valence-corrected chi connectivity index (χ0v) is 10.5. The first kappa shape index (κ1) is 11.5. The average molecular weight is 251 g/mol. The Kier molecular flexibility index (Phi) is 2.80. The molecule has 0 aliphatic heterocycles. The van der Waals surface area contributed by atoms with E-state index >= 15 is 0 Å². The standard InChI is InChI=1S/C16H13NO2/c1-19-13-8-6-11(7-9-13)15-16(18)14-5-3-2-4-12(14)10-17-15/h2-10,18H,1H3. The van der Waals surface area contributed by atoms with Gasteiger partial charge in [0.25, 0.3) is 0 Å². The lowest BCUT2D eigenvalue weighted by Crippen LogP contribution is -1.87. The lowest BCUT2D eigenvalue weighted by atomic mass is 10.1. The Morgan fingerprint density at radius 3 is 2.47 bits per heavy atom. The Morgan fingerprint density at radius 2 is 1.74 bits per heavy atom. The average Bonchev–Trinajstić information content (AvgIpc) is 2.48. The van der Waals surface area contributed by atoms with Gasteiger partial charge in [0.1, 0.15) is 17.2 Å². The number of benzene rings is 2. The summed E-state index contributed by atoms with van der Waals surface area (Å²) in [6, 6.07) is 15.1. The first-order chi connectivity index (χ1) is 9.29. The molecule has 1 aromatic heterocycles. The SMILES string of the molecule is COc1ccc(-c2ncc3ccccc3c2O)cc1. The van der Waals surface area contributed by atoms with Crippen molar-refractivity contribution in [3.8, 4) is 22.8 Å². The van der Waals surface area contributed by atoms with Crippen LogP contribution in [0.2, 0.25) is 0 Å². The molecule has 0 radical (unpaired) electrons. The molecule has 0 saturated heterocycles. The Hall–Kier alpha value is -2.55. The molecule has 0 bridgehead atoms. The molecule has 94 valence electrons. The summed E-state index contributed by atoms with van der Waals surface area (Å²) in [5.41, 5.74) is 1.45. The molecule has 0 spiro atoms. The van der Waals surface area contributed by atoms with E-state index in [4.69, 9.17) is 4.74 Å². The van der Waals surface area contributed by atoms with Gasteiger partial charge in [-0.15, -0.1) is 0 Å². The van der Waals surface area contributed by atoms with Gasteiger partial charge in [-0.1, -0.05) is 24.3 Å². The highest BCUT2D eigenvalue weighted by molar-refractivity contribution is 5.92. The molecule has 3 nitrogen and oxygen atoms in total. The molecule has 3 aromatic rings. The van der Waals surface area contributed by atoms with E-state index in [1.54, 1.807) is 13.3 Å². The predicted molar refractivity (Wildman–Crippen MR) is 75.4 cm³/mol. The fourth-order valence-corrected chi connectivity index (χ4v) is 2.11. The molecule has 2 aromatic carbocycles. The summed E-state index contributed by atoms with van der Waals surface area (Å²) in [4.78, 5) is 4.34. The van der Waals surface area contributed by atoms with Crippen LogP contribution in [0.25, 0.3) is 22.0 Å². The Labute approximate surface area is 111 Å². The van der Waals surface area contributed by atoms with E-state index in [2.05, 4.69) is 4.98 Å². The van der Waals surface area contributed by atoms with Crippen LogP contribution in [0.3, 0.4) is 0 Å². The number of aromatic nitrogens is 1. The van der Waals surface area contributed by atoms with Crippen molar-refractivity contribution in [1.82, 2.24) is 4.98 Å². The summed E-state index contributed by atoms with van der Waals surface area (Å²) in [5, 5.41) is 12.1. The number of hydrogen-bond donors (Lipinski definition) is 1. The number of aromatic hydroxyl groups is 1. The summed E-state index contributed by atoms with van der Waals surface area (Å²) in [6.45, 7) is 0. The van der Waals surface area contributed by atoms with Crippen LogP contribution in [0.15, 0.2) is 54.7 Å². The van der Waals surface area contributed by atoms with Crippen molar-refractivity contribution in [2.75, 3.05) is 7.11 Å². The third-order valence-electron chi connectivity index (χ3n) is 3.14. The fraction of sp³-hybridized carbons (Fsp3) is 0.0625. The minimum Gasteiger partial charge on any atom is -0.505 e. The molecule has 0 aliphatic rings. The van der Waals surface area contributed by atoms with Gasteiger partial charge in [-0.25, -0.2) is 0 Å². The van der Waals surface area contributed by atoms with E-state index in [0.717, 1.165) is 22.1 Å². The Morgan fingerprint density at radius 1 is 1.00 bits per heavy atom. The van der Waals surface area contributed by atoms with E-state index < -0.39 is 0 Å². The van der Waals surface area contributed by atoms with Crippen LogP contribution in [0.1, 0.15) is 0 Å². The topological polar surface area (TPSA) is 42.4 Å². The highest BCUT2D eigenvalue weighted by Crippen LogP contribution is 2.34. The van der Waals surface area contributed by atoms with Crippen LogP contribution in [0, 0.1) is 0 Å². The number of hydrogen-bond acceptors (Lipinski definition) is 3. The molecule has 0 aliphatic carbocycles. The van der Waals surface area contributed by atoms with Gasteiger partial charge in [0.05, 0.1) is 7.11 Å². The first-order valence-corrected chi connectivity index (χ1v) is 6.01. The molecule has 0 fully saturated rings. The maximum absolute atomic E-state index is 10.3. The second kappa shape index (κ2) is 4.61. The van der Waals surface area contributed by atoms with Crippen molar-refractivity contribution >= 4 is 10.8 Å². The summed E-state index contributed by atoms with van der Waals surface area (Å²) >= 11 is 0. The van der Waals surface area contributed by atoms with Crippen molar-refractivity contribution in [1.29, 1.82) is 0 Å². The van der Waals surface area contributed by atoms with Gasteiger partial charge in [0.15, 0.2) is 0 Å². The summed E-state index contributed by atoms with van der Waals surface area (Å²) < 4.78 is 5.12. The Bertz CT molecular complexity index is 720. The number of pyridine rings is 1. The second-order valence-electron chi connectivity index (χ2n) is 4.27. The van der Waals surface area contributed by atoms with Gasteiger partial charge in [-0.3, -0.25) is 4.98 Å². The predicted octanol–water partition coefficient (Wildman–Crippen LogP) is 3.62. The lowest BCUT2D eigenvalue weighted by Gasteiger charge is -2.07. The van der Waals surface area contributed by atoms with Gasteiger partial charge >= 0.3 is 0 Å². The van der Waals surface area contributed by atoms with Crippen LogP contribution < -0.4 is 4.74 Å². The molecule has 3 rings (SSSR count). The maximum atomic E-state index is 10.3. The zero-order chi connectivity index (χ0) is 13.2. The minimum atomic E-state index is 0.211. The molecule has 0 saturated carbocycles. The summed E-state index contributed by atoms with van der Waals surface area (Å²) in [7, 11) is 1.63. The third-order valence-corrected chi connectivity index (χ3v) is 3.14. The number of rotatable bonds is 2. The van der Waals surface area contributed by atoms with E-state index in [0.29, 0.717) is 5.69 Å². The van der Waals surface area contributed by atoms with Gasteiger partial charge < -0.3 is 9.84 Å². The molecule has 0 atom stereocenters. The first-order valence-electron chi connectivity index (χ1n) is 6.01. The normalized spacial score (nSPS) is 10.6. The number of ether oxygens (including phenoxy) is 1. The largest absolute Gasteiger partial charge is 0.505 e. The molecule has 1 N–H and O–H groups in total. The van der Waals surface area contributed by atoms with E-state index in [1.807, 2.05) is 48.5 Å². The number of fused-ring (bicyclic) bond motifs is 1. The highest BCUT2D eigenvalue weighted by Gasteiger charge is 2.09. The molecule has 19 heavy (non-hydrogen) atoms. The van der Waals surface area contributed by atoms with Gasteiger partial charge in [-0.2, -0.15) is 0 Å². The van der Waals surface area contributed by atoms with Gasteiger partial charge in [0.2, 0.25) is 0 Å². The van der Waals surface area contributed by atoms with Crippen molar-refractivity contribution < 1.29 is 9.84 Å². The summed E-state index contributed by atoms with van der Waals surface area (Å²) in [6.07, 6.45) is 1.77. The number of nitrogens with zero attached hydrogens (tertiary/aromatic N) is 1. The van der Waals surface area contributed by atoms with E-state index in [1.165, 1.54) is 0 Å². The van der Waals surface area contributed by atoms with Crippen LogP contribution in [0.5, 0.6) is 11.5 Å².